The van der Waals surface area contributed by atoms with Crippen LogP contribution in [0.3, 0.4) is 0 Å². The fraction of sp³-hybridized carbons (Fsp3) is 0.111. The molecule has 1 aromatic carbocycles. The van der Waals surface area contributed by atoms with Crippen LogP contribution < -0.4 is 0 Å². The van der Waals surface area contributed by atoms with Crippen LogP contribution in [-0.2, 0) is 0 Å². The Morgan fingerprint density at radius 3 is 2.13 bits per heavy atom. The van der Waals surface area contributed by atoms with Gasteiger partial charge in [0.15, 0.2) is 0 Å². The minimum atomic E-state index is -3.66. The van der Waals surface area contributed by atoms with Crippen LogP contribution in [0.15, 0.2) is 39.5 Å². The molecule has 1 nitrogen and oxygen atoms in total. The molecule has 0 aliphatic rings. The van der Waals surface area contributed by atoms with Crippen molar-refractivity contribution in [2.75, 3.05) is 0 Å². The third-order valence-electron chi connectivity index (χ3n) is 1.76. The number of halogens is 4. The normalized spacial score (nSPS) is 16.2. The first-order chi connectivity index (χ1) is 6.96. The zero-order valence-corrected chi connectivity index (χ0v) is 12.8. The Morgan fingerprint density at radius 1 is 1.20 bits per heavy atom. The predicted molar refractivity (Wildman–Crippen MR) is 68.7 cm³/mol. The van der Waals surface area contributed by atoms with Crippen molar-refractivity contribution in [1.82, 2.24) is 0 Å². The van der Waals surface area contributed by atoms with E-state index < -0.39 is 20.9 Å². The van der Waals surface area contributed by atoms with Gasteiger partial charge >= 0.3 is 110 Å². The second-order valence-electron chi connectivity index (χ2n) is 2.73. The van der Waals surface area contributed by atoms with E-state index in [1.54, 1.807) is 24.3 Å². The molecule has 0 aliphatic carbocycles. The number of hydrogen-bond acceptors (Lipinski definition) is 1. The molecule has 1 N–H and O–H groups in total. The molecule has 1 atom stereocenters. The van der Waals surface area contributed by atoms with Crippen LogP contribution in [0.5, 0.6) is 0 Å². The van der Waals surface area contributed by atoms with Gasteiger partial charge in [0.05, 0.1) is 0 Å². The Labute approximate surface area is 109 Å². The van der Waals surface area contributed by atoms with Crippen LogP contribution in [0.4, 0.5) is 0 Å². The molecule has 0 aliphatic heterocycles. The number of benzene rings is 1. The topological polar surface area (TPSA) is 20.2 Å². The van der Waals surface area contributed by atoms with Crippen molar-refractivity contribution >= 4 is 53.3 Å². The van der Waals surface area contributed by atoms with Gasteiger partial charge in [0.25, 0.3) is 0 Å². The molecule has 1 rings (SSSR count). The molecule has 0 radical (unpaired) electrons. The Balaban J connectivity index is 2.99. The van der Waals surface area contributed by atoms with E-state index in [-0.39, 0.29) is 0 Å². The zero-order chi connectivity index (χ0) is 11.5. The molecule has 15 heavy (non-hydrogen) atoms. The van der Waals surface area contributed by atoms with Gasteiger partial charge in [-0.05, 0) is 0 Å². The first kappa shape index (κ1) is 13.9. The molecular weight excluding hydrogens is 394 g/mol. The van der Waals surface area contributed by atoms with Crippen LogP contribution in [0, 0.1) is 0 Å². The second kappa shape index (κ2) is 5.98. The van der Waals surface area contributed by atoms with Gasteiger partial charge in [0.2, 0.25) is 0 Å². The van der Waals surface area contributed by atoms with Crippen LogP contribution in [-0.4, -0.2) is 19.9 Å². The first-order valence-electron chi connectivity index (χ1n) is 3.92. The van der Waals surface area contributed by atoms with Gasteiger partial charge in [0, 0.05) is 0 Å². The molecule has 0 saturated heterocycles. The summed E-state index contributed by atoms with van der Waals surface area (Å²) in [5.74, 6) is 0. The zero-order valence-electron chi connectivity index (χ0n) is 7.41. The second-order valence-corrected chi connectivity index (χ2v) is 19.1. The molecule has 1 unspecified atom stereocenters. The number of hydrogen-bond donors (Lipinski definition) is 1. The molecule has 0 aromatic heterocycles. The van der Waals surface area contributed by atoms with Crippen molar-refractivity contribution in [3.63, 3.8) is 0 Å². The molecule has 0 amide bonds. The summed E-state index contributed by atoms with van der Waals surface area (Å²) in [5, 5.41) is 9.96. The summed E-state index contributed by atoms with van der Waals surface area (Å²) in [6.45, 7) is 0. The SMILES string of the molecule is OC(/C(=C\Cl)[Te](Cl)(Cl)Cl)c1ccccc1. The summed E-state index contributed by atoms with van der Waals surface area (Å²) in [5.41, 5.74) is 1.84. The monoisotopic (exact) mass is 402 g/mol. The van der Waals surface area contributed by atoms with E-state index in [9.17, 15) is 5.11 Å². The molecule has 6 heteroatoms. The fourth-order valence-corrected chi connectivity index (χ4v) is 6.96. The molecule has 0 bridgehead atoms. The van der Waals surface area contributed by atoms with Crippen molar-refractivity contribution in [3.05, 3.63) is 45.1 Å². The quantitative estimate of drug-likeness (QED) is 0.758. The van der Waals surface area contributed by atoms with Gasteiger partial charge in [-0.15, -0.1) is 0 Å². The number of rotatable bonds is 3. The summed E-state index contributed by atoms with van der Waals surface area (Å²) in [6.07, 6.45) is -0.933. The molecule has 1 aromatic rings. The molecule has 0 fully saturated rings. The van der Waals surface area contributed by atoms with Gasteiger partial charge < -0.3 is 0 Å². The summed E-state index contributed by atoms with van der Waals surface area (Å²) < 4.78 is 0.315. The summed E-state index contributed by atoms with van der Waals surface area (Å²) in [4.78, 5) is 0. The average Bonchev–Trinajstić information content (AvgIpc) is 2.18. The van der Waals surface area contributed by atoms with E-state index in [0.29, 0.717) is 9.18 Å². The van der Waals surface area contributed by atoms with E-state index in [4.69, 9.17) is 38.5 Å². The molecule has 0 heterocycles. The van der Waals surface area contributed by atoms with Crippen molar-refractivity contribution in [2.45, 2.75) is 6.10 Å². The molecule has 0 saturated carbocycles. The van der Waals surface area contributed by atoms with E-state index in [1.807, 2.05) is 6.07 Å². The molecular formula is C9H8Cl4OTe. The van der Waals surface area contributed by atoms with Crippen LogP contribution >= 0.6 is 38.5 Å². The Hall–Kier alpha value is 0.870. The van der Waals surface area contributed by atoms with Gasteiger partial charge in [0.1, 0.15) is 0 Å². The van der Waals surface area contributed by atoms with Crippen LogP contribution in [0.2, 0.25) is 0 Å². The van der Waals surface area contributed by atoms with Crippen molar-refractivity contribution < 1.29 is 5.11 Å². The van der Waals surface area contributed by atoms with Crippen molar-refractivity contribution in [3.8, 4) is 0 Å². The van der Waals surface area contributed by atoms with Crippen molar-refractivity contribution in [1.29, 1.82) is 0 Å². The van der Waals surface area contributed by atoms with E-state index in [1.165, 1.54) is 5.54 Å². The third kappa shape index (κ3) is 3.98. The van der Waals surface area contributed by atoms with Crippen LogP contribution in [0.1, 0.15) is 11.7 Å². The Morgan fingerprint density at radius 2 is 1.73 bits per heavy atom. The maximum atomic E-state index is 9.96. The number of aliphatic hydroxyl groups is 1. The first-order valence-corrected chi connectivity index (χ1v) is 14.4. The third-order valence-corrected chi connectivity index (χ3v) is 8.49. The molecule has 0 spiro atoms. The maximum absolute atomic E-state index is 9.96. The van der Waals surface area contributed by atoms with Crippen LogP contribution in [0.25, 0.3) is 0 Å². The average molecular weight is 402 g/mol. The van der Waals surface area contributed by atoms with E-state index >= 15 is 0 Å². The summed E-state index contributed by atoms with van der Waals surface area (Å²) >= 11 is 1.91. The summed E-state index contributed by atoms with van der Waals surface area (Å²) in [7, 11) is 17.6. The molecule has 84 valence electrons. The summed E-state index contributed by atoms with van der Waals surface area (Å²) in [6, 6.07) is 8.96. The fourth-order valence-electron chi connectivity index (χ4n) is 1.04. The number of aliphatic hydroxyl groups excluding tert-OH is 1. The predicted octanol–water partition coefficient (Wildman–Crippen LogP) is 4.04. The van der Waals surface area contributed by atoms with Crippen molar-refractivity contribution in [2.24, 2.45) is 0 Å². The van der Waals surface area contributed by atoms with Gasteiger partial charge in [-0.1, -0.05) is 0 Å². The van der Waals surface area contributed by atoms with E-state index in [0.717, 1.165) is 0 Å². The van der Waals surface area contributed by atoms with E-state index in [2.05, 4.69) is 0 Å². The van der Waals surface area contributed by atoms with Gasteiger partial charge in [-0.2, -0.15) is 0 Å². The van der Waals surface area contributed by atoms with Gasteiger partial charge in [-0.25, -0.2) is 0 Å². The Bertz CT molecular complexity index is 347. The standard InChI is InChI=1S/C9H8Cl4OTe/c10-6-8(15(11,12)13)9(14)7-4-2-1-3-5-7/h1-6,9,14H/b8-6+. The minimum absolute atomic E-state index is 0.315. The Kier molecular flexibility index (Phi) is 5.56. The van der Waals surface area contributed by atoms with Gasteiger partial charge in [-0.3, -0.25) is 0 Å².